The van der Waals surface area contributed by atoms with Crippen LogP contribution in [0.25, 0.3) is 0 Å². The van der Waals surface area contributed by atoms with Gasteiger partial charge in [0, 0.05) is 19.6 Å². The summed E-state index contributed by atoms with van der Waals surface area (Å²) in [5.74, 6) is -0.593. The quantitative estimate of drug-likeness (QED) is 0.805. The molecule has 0 aromatic heterocycles. The van der Waals surface area contributed by atoms with Gasteiger partial charge in [0.15, 0.2) is 0 Å². The molecule has 0 spiro atoms. The van der Waals surface area contributed by atoms with E-state index in [9.17, 15) is 14.4 Å². The first kappa shape index (κ1) is 21.5. The minimum atomic E-state index is -0.587. The molecule has 0 aliphatic carbocycles. The smallest absolute Gasteiger partial charge is 0.410 e. The van der Waals surface area contributed by atoms with Gasteiger partial charge in [-0.05, 0) is 38.8 Å². The lowest BCUT2D eigenvalue weighted by Crippen LogP contribution is -2.44. The van der Waals surface area contributed by atoms with Crippen LogP contribution in [0.5, 0.6) is 0 Å². The van der Waals surface area contributed by atoms with Crippen molar-refractivity contribution in [1.29, 1.82) is 0 Å². The van der Waals surface area contributed by atoms with Crippen LogP contribution in [-0.4, -0.2) is 59.5 Å². The summed E-state index contributed by atoms with van der Waals surface area (Å²) in [6.07, 6.45) is 1.38. The molecule has 152 valence electrons. The van der Waals surface area contributed by atoms with Crippen LogP contribution in [0.3, 0.4) is 0 Å². The number of hydrogen-bond donors (Lipinski definition) is 1. The molecule has 2 rings (SSSR count). The lowest BCUT2D eigenvalue weighted by Gasteiger charge is -2.33. The van der Waals surface area contributed by atoms with Crippen molar-refractivity contribution < 1.29 is 19.1 Å². The number of nitrogens with one attached hydrogen (secondary N) is 1. The fourth-order valence-electron chi connectivity index (χ4n) is 3.07. The van der Waals surface area contributed by atoms with Gasteiger partial charge in [0.25, 0.3) is 0 Å². The maximum Gasteiger partial charge on any atom is 0.410 e. The van der Waals surface area contributed by atoms with E-state index in [2.05, 4.69) is 11.9 Å². The van der Waals surface area contributed by atoms with Gasteiger partial charge in [-0.25, -0.2) is 4.79 Å². The molecule has 7 nitrogen and oxygen atoms in total. The minimum Gasteiger partial charge on any atom is -0.444 e. The van der Waals surface area contributed by atoms with E-state index in [0.717, 1.165) is 11.6 Å². The van der Waals surface area contributed by atoms with Crippen molar-refractivity contribution in [2.75, 3.05) is 26.2 Å². The summed E-state index contributed by atoms with van der Waals surface area (Å²) in [5, 5.41) is 2.53. The highest BCUT2D eigenvalue weighted by atomic mass is 16.6. The first-order valence-corrected chi connectivity index (χ1v) is 9.44. The number of rotatable bonds is 4. The van der Waals surface area contributed by atoms with Crippen molar-refractivity contribution in [3.8, 4) is 0 Å². The third-order valence-electron chi connectivity index (χ3n) is 4.35. The largest absolute Gasteiger partial charge is 0.444 e. The van der Waals surface area contributed by atoms with E-state index in [1.54, 1.807) is 9.80 Å². The number of amides is 3. The molecular weight excluding hydrogens is 358 g/mol. The molecule has 0 radical (unpaired) electrons. The highest BCUT2D eigenvalue weighted by Crippen LogP contribution is 2.26. The van der Waals surface area contributed by atoms with Crippen LogP contribution in [-0.2, 0) is 14.3 Å². The Labute approximate surface area is 166 Å². The predicted molar refractivity (Wildman–Crippen MR) is 107 cm³/mol. The third kappa shape index (κ3) is 6.11. The molecule has 1 fully saturated rings. The first-order valence-electron chi connectivity index (χ1n) is 9.44. The van der Waals surface area contributed by atoms with Crippen LogP contribution in [0.15, 0.2) is 43.0 Å². The molecule has 0 bridgehead atoms. The van der Waals surface area contributed by atoms with E-state index in [4.69, 9.17) is 4.74 Å². The van der Waals surface area contributed by atoms with Gasteiger partial charge in [0.2, 0.25) is 11.8 Å². The first-order chi connectivity index (χ1) is 13.2. The Hall–Kier alpha value is -2.83. The second-order valence-electron chi connectivity index (χ2n) is 7.72. The van der Waals surface area contributed by atoms with Crippen LogP contribution in [0.1, 0.15) is 38.8 Å². The van der Waals surface area contributed by atoms with E-state index in [1.165, 1.54) is 0 Å². The van der Waals surface area contributed by atoms with Gasteiger partial charge in [-0.3, -0.25) is 9.59 Å². The summed E-state index contributed by atoms with van der Waals surface area (Å²) in [6.45, 7) is 10.1. The second-order valence-corrected chi connectivity index (χ2v) is 7.72. The molecule has 1 N–H and O–H groups in total. The zero-order valence-corrected chi connectivity index (χ0v) is 16.8. The molecule has 1 aromatic rings. The van der Waals surface area contributed by atoms with Crippen LogP contribution in [0.2, 0.25) is 0 Å². The summed E-state index contributed by atoms with van der Waals surface area (Å²) < 4.78 is 5.52. The van der Waals surface area contributed by atoms with Gasteiger partial charge in [-0.1, -0.05) is 36.9 Å². The molecule has 7 heteroatoms. The van der Waals surface area contributed by atoms with Gasteiger partial charge >= 0.3 is 6.09 Å². The van der Waals surface area contributed by atoms with E-state index >= 15 is 0 Å². The molecule has 1 atom stereocenters. The Morgan fingerprint density at radius 1 is 1.21 bits per heavy atom. The van der Waals surface area contributed by atoms with Gasteiger partial charge in [0.1, 0.15) is 5.60 Å². The Morgan fingerprint density at radius 3 is 2.50 bits per heavy atom. The highest BCUT2D eigenvalue weighted by molar-refractivity contribution is 5.90. The van der Waals surface area contributed by atoms with Crippen LogP contribution in [0.4, 0.5) is 4.79 Å². The number of hydrogen-bond acceptors (Lipinski definition) is 4. The summed E-state index contributed by atoms with van der Waals surface area (Å²) >= 11 is 0. The van der Waals surface area contributed by atoms with Crippen molar-refractivity contribution in [2.24, 2.45) is 0 Å². The van der Waals surface area contributed by atoms with Crippen molar-refractivity contribution in [1.82, 2.24) is 15.1 Å². The average molecular weight is 387 g/mol. The predicted octanol–water partition coefficient (Wildman–Crippen LogP) is 2.50. The molecule has 1 unspecified atom stereocenters. The lowest BCUT2D eigenvalue weighted by atomic mass is 10.0. The summed E-state index contributed by atoms with van der Waals surface area (Å²) in [5.41, 5.74) is 0.345. The topological polar surface area (TPSA) is 79.0 Å². The van der Waals surface area contributed by atoms with Crippen LogP contribution < -0.4 is 5.32 Å². The van der Waals surface area contributed by atoms with E-state index in [0.29, 0.717) is 26.1 Å². The number of benzene rings is 1. The maximum atomic E-state index is 12.8. The standard InChI is InChI=1S/C21H29N3O4/c1-5-18(25)22-14-19(26)24-13-9-12-23(20(27)28-21(2,3)4)15-17(24)16-10-7-6-8-11-16/h5-8,10-11,17H,1,9,12-15H2,2-4H3,(H,22,25). The van der Waals surface area contributed by atoms with Gasteiger partial charge < -0.3 is 19.9 Å². The second kappa shape index (κ2) is 9.39. The Morgan fingerprint density at radius 2 is 1.89 bits per heavy atom. The zero-order valence-electron chi connectivity index (χ0n) is 16.8. The molecule has 1 heterocycles. The van der Waals surface area contributed by atoms with Crippen LogP contribution in [0, 0.1) is 0 Å². The van der Waals surface area contributed by atoms with Crippen molar-refractivity contribution in [2.45, 2.75) is 38.8 Å². The Kier molecular flexibility index (Phi) is 7.20. The monoisotopic (exact) mass is 387 g/mol. The fraction of sp³-hybridized carbons (Fsp3) is 0.476. The van der Waals surface area contributed by atoms with Crippen LogP contribution >= 0.6 is 0 Å². The highest BCUT2D eigenvalue weighted by Gasteiger charge is 2.33. The molecule has 0 saturated carbocycles. The number of carbonyl (C=O) groups excluding carboxylic acids is 3. The Bertz CT molecular complexity index is 712. The summed E-state index contributed by atoms with van der Waals surface area (Å²) in [4.78, 5) is 40.2. The lowest BCUT2D eigenvalue weighted by molar-refractivity contribution is -0.134. The zero-order chi connectivity index (χ0) is 20.7. The summed E-state index contributed by atoms with van der Waals surface area (Å²) in [7, 11) is 0. The molecule has 1 saturated heterocycles. The third-order valence-corrected chi connectivity index (χ3v) is 4.35. The molecular formula is C21H29N3O4. The maximum absolute atomic E-state index is 12.8. The number of ether oxygens (including phenoxy) is 1. The number of nitrogens with zero attached hydrogens (tertiary/aromatic N) is 2. The Balaban J connectivity index is 2.22. The molecule has 28 heavy (non-hydrogen) atoms. The van der Waals surface area contributed by atoms with Crippen molar-refractivity contribution >= 4 is 17.9 Å². The minimum absolute atomic E-state index is 0.110. The molecule has 1 aliphatic heterocycles. The molecule has 3 amide bonds. The van der Waals surface area contributed by atoms with E-state index < -0.39 is 11.5 Å². The molecule has 1 aromatic carbocycles. The number of carbonyl (C=O) groups is 3. The van der Waals surface area contributed by atoms with E-state index in [-0.39, 0.29) is 24.6 Å². The SMILES string of the molecule is C=CC(=O)NCC(=O)N1CCCN(C(=O)OC(C)(C)C)CC1c1ccccc1. The fourth-order valence-corrected chi connectivity index (χ4v) is 3.07. The average Bonchev–Trinajstić information content (AvgIpc) is 2.88. The van der Waals surface area contributed by atoms with E-state index in [1.807, 2.05) is 51.1 Å². The van der Waals surface area contributed by atoms with Crippen molar-refractivity contribution in [3.05, 3.63) is 48.6 Å². The van der Waals surface area contributed by atoms with Gasteiger partial charge in [-0.2, -0.15) is 0 Å². The van der Waals surface area contributed by atoms with Gasteiger partial charge in [0.05, 0.1) is 12.6 Å². The summed E-state index contributed by atoms with van der Waals surface area (Å²) in [6, 6.07) is 9.27. The van der Waals surface area contributed by atoms with Crippen molar-refractivity contribution in [3.63, 3.8) is 0 Å². The molecule has 1 aliphatic rings. The van der Waals surface area contributed by atoms with Gasteiger partial charge in [-0.15, -0.1) is 0 Å². The normalized spacial score (nSPS) is 17.5.